The van der Waals surface area contributed by atoms with E-state index in [0.29, 0.717) is 57.4 Å². The summed E-state index contributed by atoms with van der Waals surface area (Å²) in [5.74, 6) is 0.411. The van der Waals surface area contributed by atoms with Gasteiger partial charge in [0.25, 0.3) is 11.8 Å². The minimum absolute atomic E-state index is 0.123. The number of nitrogens with zero attached hydrogens (tertiary/aromatic N) is 8. The van der Waals surface area contributed by atoms with Crippen LogP contribution in [-0.4, -0.2) is 63.9 Å². The van der Waals surface area contributed by atoms with Gasteiger partial charge in [-0.15, -0.1) is 0 Å². The number of fused-ring (bicyclic) bond motifs is 2. The Balaban J connectivity index is 0.000000165. The van der Waals surface area contributed by atoms with Gasteiger partial charge < -0.3 is 30.8 Å². The molecule has 0 unspecified atom stereocenters. The van der Waals surface area contributed by atoms with Gasteiger partial charge in [0.2, 0.25) is 0 Å². The average Bonchev–Trinajstić information content (AvgIpc) is 4.13. The number of nitrogens with two attached hydrogens (primary N) is 1. The Morgan fingerprint density at radius 1 is 0.522 bits per heavy atom. The lowest BCUT2D eigenvalue weighted by Crippen LogP contribution is -2.25. The van der Waals surface area contributed by atoms with Gasteiger partial charge >= 0.3 is 0 Å². The Morgan fingerprint density at radius 2 is 0.986 bits per heavy atom. The number of carbonyl (C=O) groups is 2. The second kappa shape index (κ2) is 23.6. The summed E-state index contributed by atoms with van der Waals surface area (Å²) in [4.78, 5) is 52.0. The van der Waals surface area contributed by atoms with Crippen LogP contribution in [-0.2, 0) is 13.1 Å². The first kappa shape index (κ1) is 46.8. The predicted octanol–water partition coefficient (Wildman–Crippen LogP) is 10.3. The molecule has 0 aliphatic heterocycles. The molecule has 0 saturated carbocycles. The average molecular weight is 934 g/mol. The number of nitrogen functional groups attached to an aromatic ring is 1. The first-order chi connectivity index (χ1) is 33.9. The molecule has 4 heterocycles. The molecule has 14 nitrogen and oxygen atoms in total. The molecule has 0 bridgehead atoms. The van der Waals surface area contributed by atoms with Gasteiger partial charge in [0.05, 0.1) is 34.7 Å². The number of aromatic nitrogens is 8. The van der Waals surface area contributed by atoms with E-state index in [0.717, 1.165) is 59.6 Å². The molecule has 0 atom stereocenters. The third-order valence-corrected chi connectivity index (χ3v) is 10.9. The Kier molecular flexibility index (Phi) is 16.0. The van der Waals surface area contributed by atoms with E-state index < -0.39 is 0 Å². The van der Waals surface area contributed by atoms with Gasteiger partial charge in [-0.05, 0) is 73.5 Å². The first-order valence-corrected chi connectivity index (χ1v) is 22.7. The molecular formula is C54H49ClN12O2. The lowest BCUT2D eigenvalue weighted by molar-refractivity contribution is 0.0944. The van der Waals surface area contributed by atoms with Gasteiger partial charge in [-0.3, -0.25) is 9.59 Å². The summed E-state index contributed by atoms with van der Waals surface area (Å²) < 4.78 is 3.97. The molecule has 0 aliphatic carbocycles. The quantitative estimate of drug-likeness (QED) is 0.0605. The van der Waals surface area contributed by atoms with E-state index in [2.05, 4.69) is 35.9 Å². The molecule has 0 saturated heterocycles. The first-order valence-electron chi connectivity index (χ1n) is 22.4. The minimum atomic E-state index is -0.134. The summed E-state index contributed by atoms with van der Waals surface area (Å²) in [7, 11) is 0. The number of halogens is 1. The Bertz CT molecular complexity index is 3200. The van der Waals surface area contributed by atoms with Crippen molar-refractivity contribution in [2.75, 3.05) is 24.1 Å². The summed E-state index contributed by atoms with van der Waals surface area (Å²) in [5.41, 5.74) is 14.1. The van der Waals surface area contributed by atoms with Crippen LogP contribution in [0, 0.1) is 0 Å². The summed E-state index contributed by atoms with van der Waals surface area (Å²) in [6.45, 7) is 2.77. The molecule has 0 aliphatic rings. The maximum Gasteiger partial charge on any atom is 0.251 e. The molecular weight excluding hydrogens is 884 g/mol. The van der Waals surface area contributed by atoms with Crippen LogP contribution in [0.3, 0.4) is 0 Å². The molecule has 0 fully saturated rings. The van der Waals surface area contributed by atoms with E-state index in [1.165, 1.54) is 0 Å². The van der Waals surface area contributed by atoms with Crippen molar-refractivity contribution in [3.8, 4) is 22.5 Å². The second-order valence-electron chi connectivity index (χ2n) is 15.6. The van der Waals surface area contributed by atoms with Crippen molar-refractivity contribution >= 4 is 62.7 Å². The Labute approximate surface area is 404 Å². The number of hydrogen-bond acceptors (Lipinski definition) is 10. The highest BCUT2D eigenvalue weighted by atomic mass is 35.5. The largest absolute Gasteiger partial charge is 0.399 e. The number of hydrogen-bond donors (Lipinski definition) is 4. The molecule has 5 N–H and O–H groups in total. The van der Waals surface area contributed by atoms with Crippen LogP contribution in [0.4, 0.5) is 17.2 Å². The minimum Gasteiger partial charge on any atom is -0.399 e. The smallest absolute Gasteiger partial charge is 0.251 e. The highest BCUT2D eigenvalue weighted by Crippen LogP contribution is 2.30. The molecule has 10 rings (SSSR count). The van der Waals surface area contributed by atoms with E-state index in [1.807, 2.05) is 149 Å². The van der Waals surface area contributed by atoms with Crippen LogP contribution >= 0.6 is 11.6 Å². The summed E-state index contributed by atoms with van der Waals surface area (Å²) >= 11 is 6.31. The zero-order valence-electron chi connectivity index (χ0n) is 37.6. The molecule has 2 amide bonds. The van der Waals surface area contributed by atoms with Crippen LogP contribution in [0.5, 0.6) is 0 Å². The van der Waals surface area contributed by atoms with Crippen molar-refractivity contribution in [1.82, 2.24) is 49.7 Å². The molecule has 10 aromatic rings. The van der Waals surface area contributed by atoms with Crippen molar-refractivity contribution in [2.24, 2.45) is 0 Å². The Hall–Kier alpha value is -8.75. The standard InChI is InChI=1S/C27H24N6O.C21H18ClN5O.C6H7N/c34-27(29-14-7-16-33-17-15-28-19-33)21-12-13-23-24(18-21)31-25(20-8-3-1-4-9-20)26(32-23)30-22-10-5-2-6-11-22;22-20-19(15-5-2-1-3-6-15)25-18-13-16(7-8-17(18)26-20)21(28)24-9-4-11-27-12-10-23-14-27;7-6-4-2-1-3-5-6/h1-6,8-13,15,17-19H,7,14,16H2,(H,29,34)(H,30,32);1-3,5-8,10,12-14H,4,9,11H2,(H,24,28);1-5H,7H2. The number of aryl methyl sites for hydroxylation is 2. The van der Waals surface area contributed by atoms with Crippen molar-refractivity contribution in [3.63, 3.8) is 0 Å². The number of rotatable bonds is 14. The van der Waals surface area contributed by atoms with Gasteiger partial charge in [0, 0.05) is 84.6 Å². The lowest BCUT2D eigenvalue weighted by Gasteiger charge is -2.13. The summed E-state index contributed by atoms with van der Waals surface area (Å²) in [6.07, 6.45) is 12.5. The number of amides is 2. The number of benzene rings is 6. The summed E-state index contributed by atoms with van der Waals surface area (Å²) in [6, 6.07) is 49.6. The predicted molar refractivity (Wildman–Crippen MR) is 274 cm³/mol. The van der Waals surface area contributed by atoms with Crippen LogP contribution in [0.1, 0.15) is 33.6 Å². The molecule has 0 spiro atoms. The van der Waals surface area contributed by atoms with Crippen molar-refractivity contribution < 1.29 is 9.59 Å². The van der Waals surface area contributed by atoms with E-state index in [4.69, 9.17) is 27.3 Å². The van der Waals surface area contributed by atoms with Gasteiger partial charge in [-0.25, -0.2) is 29.9 Å². The number of imidazole rings is 2. The SMILES string of the molecule is Nc1ccccc1.O=C(NCCCn1ccnc1)c1ccc2nc(Cl)c(-c3ccccc3)nc2c1.O=C(NCCCn1ccnc1)c1ccc2nc(Nc3ccccc3)c(-c3ccccc3)nc2c1. The van der Waals surface area contributed by atoms with Gasteiger partial charge in [-0.2, -0.15) is 0 Å². The fraction of sp³-hybridized carbons (Fsp3) is 0.111. The van der Waals surface area contributed by atoms with Crippen molar-refractivity contribution in [3.05, 3.63) is 211 Å². The maximum absolute atomic E-state index is 12.7. The third kappa shape index (κ3) is 13.2. The number of carbonyl (C=O) groups excluding carboxylic acids is 2. The second-order valence-corrected chi connectivity index (χ2v) is 16.0. The molecule has 0 radical (unpaired) electrons. The van der Waals surface area contributed by atoms with Crippen molar-refractivity contribution in [1.29, 1.82) is 0 Å². The molecule has 69 heavy (non-hydrogen) atoms. The van der Waals surface area contributed by atoms with Gasteiger partial charge in [0.1, 0.15) is 11.4 Å². The third-order valence-electron chi connectivity index (χ3n) is 10.6. The fourth-order valence-electron chi connectivity index (χ4n) is 7.11. The van der Waals surface area contributed by atoms with E-state index in [9.17, 15) is 9.59 Å². The van der Waals surface area contributed by atoms with Crippen LogP contribution in [0.2, 0.25) is 5.15 Å². The molecule has 6 aromatic carbocycles. The fourth-order valence-corrected chi connectivity index (χ4v) is 7.36. The number of para-hydroxylation sites is 2. The number of anilines is 3. The lowest BCUT2D eigenvalue weighted by atomic mass is 10.1. The highest BCUT2D eigenvalue weighted by Gasteiger charge is 2.15. The van der Waals surface area contributed by atoms with Gasteiger partial charge in [-0.1, -0.05) is 109 Å². The van der Waals surface area contributed by atoms with Crippen LogP contribution in [0.25, 0.3) is 44.6 Å². The summed E-state index contributed by atoms with van der Waals surface area (Å²) in [5, 5.41) is 9.65. The van der Waals surface area contributed by atoms with Crippen molar-refractivity contribution in [2.45, 2.75) is 25.9 Å². The monoisotopic (exact) mass is 932 g/mol. The molecule has 344 valence electrons. The zero-order valence-corrected chi connectivity index (χ0v) is 38.3. The normalized spacial score (nSPS) is 10.6. The molecule has 15 heteroatoms. The van der Waals surface area contributed by atoms with E-state index in [1.54, 1.807) is 55.4 Å². The van der Waals surface area contributed by atoms with E-state index >= 15 is 0 Å². The Morgan fingerprint density at radius 3 is 1.46 bits per heavy atom. The topological polar surface area (TPSA) is 183 Å². The highest BCUT2D eigenvalue weighted by molar-refractivity contribution is 6.32. The van der Waals surface area contributed by atoms with E-state index in [-0.39, 0.29) is 11.8 Å². The molecule has 4 aromatic heterocycles. The zero-order chi connectivity index (χ0) is 47.6. The van der Waals surface area contributed by atoms with Crippen LogP contribution in [0.15, 0.2) is 195 Å². The number of nitrogens with one attached hydrogen (secondary N) is 3. The van der Waals surface area contributed by atoms with Gasteiger partial charge in [0.15, 0.2) is 11.0 Å². The van der Waals surface area contributed by atoms with Crippen LogP contribution < -0.4 is 21.7 Å². The maximum atomic E-state index is 12.7.